The molecule has 2 aromatic rings. The second-order valence-corrected chi connectivity index (χ2v) is 7.35. The van der Waals surface area contributed by atoms with Gasteiger partial charge in [-0.15, -0.1) is 0 Å². The minimum atomic E-state index is -0.213. The van der Waals surface area contributed by atoms with E-state index in [2.05, 4.69) is 4.98 Å². The van der Waals surface area contributed by atoms with E-state index in [9.17, 15) is 4.79 Å². The number of aromatic nitrogens is 1. The smallest absolute Gasteiger partial charge is 0.255 e. The van der Waals surface area contributed by atoms with Gasteiger partial charge in [-0.3, -0.25) is 4.79 Å². The topological polar surface area (TPSA) is 42.4 Å². The Hall–Kier alpha value is -0.910. The van der Waals surface area contributed by atoms with Gasteiger partial charge in [-0.05, 0) is 24.6 Å². The van der Waals surface area contributed by atoms with Crippen LogP contribution < -0.4 is 4.74 Å². The van der Waals surface area contributed by atoms with Crippen molar-refractivity contribution < 1.29 is 9.53 Å². The normalized spacial score (nSPS) is 10.7. The van der Waals surface area contributed by atoms with Crippen molar-refractivity contribution in [2.24, 2.45) is 0 Å². The number of carbonyl (C=O) groups excluding carboxylic acids is 1. The van der Waals surface area contributed by atoms with E-state index in [-0.39, 0.29) is 22.7 Å². The molecule has 140 valence electrons. The monoisotopic (exact) mass is 454 g/mol. The van der Waals surface area contributed by atoms with Gasteiger partial charge in [-0.2, -0.15) is 0 Å². The molecular weight excluding hydrogens is 441 g/mol. The van der Waals surface area contributed by atoms with Gasteiger partial charge < -0.3 is 9.64 Å². The van der Waals surface area contributed by atoms with Crippen molar-refractivity contribution in [1.29, 1.82) is 0 Å². The van der Waals surface area contributed by atoms with Crippen molar-refractivity contribution in [3.63, 3.8) is 0 Å². The molecule has 0 aliphatic heterocycles. The SMILES string of the molecule is CCCN(CCOc1c(Cl)cc(Cl)cc1Cl)C(=O)c1cnc(Cl)c(Cl)c1. The Balaban J connectivity index is 2.06. The number of benzene rings is 1. The maximum absolute atomic E-state index is 12.7. The van der Waals surface area contributed by atoms with Gasteiger partial charge in [-0.1, -0.05) is 64.9 Å². The summed E-state index contributed by atoms with van der Waals surface area (Å²) in [6.07, 6.45) is 2.18. The highest BCUT2D eigenvalue weighted by molar-refractivity contribution is 6.41. The molecule has 26 heavy (non-hydrogen) atoms. The number of halogens is 5. The minimum Gasteiger partial charge on any atom is -0.489 e. The Kier molecular flexibility index (Phi) is 8.11. The Morgan fingerprint density at radius 3 is 2.27 bits per heavy atom. The molecule has 0 unspecified atom stereocenters. The van der Waals surface area contributed by atoms with E-state index in [1.807, 2.05) is 6.92 Å². The third kappa shape index (κ3) is 5.54. The number of pyridine rings is 1. The second-order valence-electron chi connectivity index (χ2n) is 5.34. The average molecular weight is 457 g/mol. The summed E-state index contributed by atoms with van der Waals surface area (Å²) in [7, 11) is 0. The predicted octanol–water partition coefficient (Wildman–Crippen LogP) is 6.28. The maximum atomic E-state index is 12.7. The van der Waals surface area contributed by atoms with E-state index in [1.165, 1.54) is 12.3 Å². The summed E-state index contributed by atoms with van der Waals surface area (Å²) in [5.74, 6) is 0.118. The van der Waals surface area contributed by atoms with Gasteiger partial charge in [0.15, 0.2) is 5.75 Å². The molecule has 0 atom stereocenters. The Labute approximate surface area is 176 Å². The van der Waals surface area contributed by atoms with Crippen LogP contribution in [0.2, 0.25) is 25.2 Å². The van der Waals surface area contributed by atoms with E-state index in [1.54, 1.807) is 17.0 Å². The molecule has 0 radical (unpaired) electrons. The van der Waals surface area contributed by atoms with Crippen LogP contribution in [-0.4, -0.2) is 35.5 Å². The molecule has 9 heteroatoms. The maximum Gasteiger partial charge on any atom is 0.255 e. The lowest BCUT2D eigenvalue weighted by Gasteiger charge is -2.22. The number of carbonyl (C=O) groups is 1. The molecule has 2 rings (SSSR count). The lowest BCUT2D eigenvalue weighted by atomic mass is 10.2. The van der Waals surface area contributed by atoms with Crippen molar-refractivity contribution in [3.05, 3.63) is 55.2 Å². The summed E-state index contributed by atoms with van der Waals surface area (Å²) in [6, 6.07) is 4.58. The lowest BCUT2D eigenvalue weighted by Crippen LogP contribution is -2.35. The lowest BCUT2D eigenvalue weighted by molar-refractivity contribution is 0.0729. The van der Waals surface area contributed by atoms with Crippen LogP contribution in [0.3, 0.4) is 0 Å². The predicted molar refractivity (Wildman–Crippen MR) is 107 cm³/mol. The van der Waals surface area contributed by atoms with Crippen LogP contribution in [0.5, 0.6) is 5.75 Å². The molecular formula is C17H15Cl5N2O2. The van der Waals surface area contributed by atoms with Crippen LogP contribution in [0.25, 0.3) is 0 Å². The van der Waals surface area contributed by atoms with Gasteiger partial charge in [0.05, 0.1) is 27.2 Å². The van der Waals surface area contributed by atoms with Crippen LogP contribution >= 0.6 is 58.0 Å². The summed E-state index contributed by atoms with van der Waals surface area (Å²) in [4.78, 5) is 18.2. The third-order valence-electron chi connectivity index (χ3n) is 3.39. The largest absolute Gasteiger partial charge is 0.489 e. The number of hydrogen-bond acceptors (Lipinski definition) is 3. The quantitative estimate of drug-likeness (QED) is 0.461. The molecule has 0 fully saturated rings. The molecule has 1 aromatic heterocycles. The fourth-order valence-electron chi connectivity index (χ4n) is 2.23. The minimum absolute atomic E-state index is 0.153. The van der Waals surface area contributed by atoms with Crippen LogP contribution in [0.4, 0.5) is 0 Å². The zero-order chi connectivity index (χ0) is 19.3. The van der Waals surface area contributed by atoms with Crippen molar-refractivity contribution in [1.82, 2.24) is 9.88 Å². The highest BCUT2D eigenvalue weighted by atomic mass is 35.5. The first-order chi connectivity index (χ1) is 12.3. The third-order valence-corrected chi connectivity index (χ3v) is 4.86. The first kappa shape index (κ1) is 21.4. The summed E-state index contributed by atoms with van der Waals surface area (Å²) < 4.78 is 5.65. The van der Waals surface area contributed by atoms with E-state index in [0.717, 1.165) is 6.42 Å². The van der Waals surface area contributed by atoms with Crippen molar-refractivity contribution in [2.75, 3.05) is 19.7 Å². The van der Waals surface area contributed by atoms with Gasteiger partial charge in [0.2, 0.25) is 0 Å². The fourth-order valence-corrected chi connectivity index (χ4v) is 3.43. The number of amides is 1. The Morgan fingerprint density at radius 2 is 1.69 bits per heavy atom. The van der Waals surface area contributed by atoms with Crippen LogP contribution in [-0.2, 0) is 0 Å². The molecule has 0 spiro atoms. The molecule has 4 nitrogen and oxygen atoms in total. The molecule has 0 saturated carbocycles. The molecule has 0 aliphatic rings. The molecule has 1 amide bonds. The summed E-state index contributed by atoms with van der Waals surface area (Å²) in [5.41, 5.74) is 0.357. The molecule has 0 bridgehead atoms. The fraction of sp³-hybridized carbons (Fsp3) is 0.294. The number of nitrogens with zero attached hydrogens (tertiary/aromatic N) is 2. The zero-order valence-corrected chi connectivity index (χ0v) is 17.5. The van der Waals surface area contributed by atoms with Crippen molar-refractivity contribution >= 4 is 63.9 Å². The highest BCUT2D eigenvalue weighted by Gasteiger charge is 2.17. The highest BCUT2D eigenvalue weighted by Crippen LogP contribution is 2.35. The van der Waals surface area contributed by atoms with Gasteiger partial charge in [-0.25, -0.2) is 4.98 Å². The van der Waals surface area contributed by atoms with Crippen LogP contribution in [0, 0.1) is 0 Å². The van der Waals surface area contributed by atoms with E-state index >= 15 is 0 Å². The summed E-state index contributed by atoms with van der Waals surface area (Å²) in [5, 5.41) is 1.42. The summed E-state index contributed by atoms with van der Waals surface area (Å²) >= 11 is 29.8. The first-order valence-corrected chi connectivity index (χ1v) is 9.60. The van der Waals surface area contributed by atoms with Gasteiger partial charge in [0.25, 0.3) is 5.91 Å². The van der Waals surface area contributed by atoms with Crippen molar-refractivity contribution in [3.8, 4) is 5.75 Å². The Morgan fingerprint density at radius 1 is 1.04 bits per heavy atom. The first-order valence-electron chi connectivity index (χ1n) is 7.71. The van der Waals surface area contributed by atoms with Crippen molar-refractivity contribution in [2.45, 2.75) is 13.3 Å². The number of ether oxygens (including phenoxy) is 1. The molecule has 1 aromatic carbocycles. The second kappa shape index (κ2) is 9.86. The van der Waals surface area contributed by atoms with Gasteiger partial charge in [0.1, 0.15) is 11.8 Å². The van der Waals surface area contributed by atoms with Crippen LogP contribution in [0.1, 0.15) is 23.7 Å². The van der Waals surface area contributed by atoms with E-state index in [4.69, 9.17) is 62.7 Å². The summed E-state index contributed by atoms with van der Waals surface area (Å²) in [6.45, 7) is 3.06. The number of hydrogen-bond donors (Lipinski definition) is 0. The Bertz CT molecular complexity index is 778. The average Bonchev–Trinajstić information content (AvgIpc) is 2.58. The van der Waals surface area contributed by atoms with Gasteiger partial charge in [0, 0.05) is 17.8 Å². The van der Waals surface area contributed by atoms with E-state index < -0.39 is 0 Å². The number of rotatable bonds is 7. The molecule has 0 saturated heterocycles. The zero-order valence-electron chi connectivity index (χ0n) is 13.7. The van der Waals surface area contributed by atoms with E-state index in [0.29, 0.717) is 39.5 Å². The standard InChI is InChI=1S/C17H15Cl5N2O2/c1-2-3-24(17(25)10-6-14(21)16(22)23-9-10)4-5-26-15-12(19)7-11(18)8-13(15)20/h6-9H,2-5H2,1H3. The van der Waals surface area contributed by atoms with Crippen LogP contribution in [0.15, 0.2) is 24.4 Å². The molecule has 1 heterocycles. The van der Waals surface area contributed by atoms with Gasteiger partial charge >= 0.3 is 0 Å². The molecule has 0 aliphatic carbocycles. The molecule has 0 N–H and O–H groups in total.